The number of nitrogens with one attached hydrogen (secondary N) is 2. The molecule has 2 amide bonds. The fourth-order valence-corrected chi connectivity index (χ4v) is 3.17. The topological polar surface area (TPSA) is 106 Å². The van der Waals surface area contributed by atoms with Gasteiger partial charge in [0, 0.05) is 30.1 Å². The number of amides is 2. The first-order valence-electron chi connectivity index (χ1n) is 9.16. The first-order valence-corrected chi connectivity index (χ1v) is 10.2. The third kappa shape index (κ3) is 5.69. The van der Waals surface area contributed by atoms with Gasteiger partial charge in [-0.25, -0.2) is 4.79 Å². The van der Waals surface area contributed by atoms with Crippen LogP contribution in [0.5, 0.6) is 0 Å². The van der Waals surface area contributed by atoms with E-state index in [9.17, 15) is 9.59 Å². The quantitative estimate of drug-likeness (QED) is 0.255. The second-order valence-electron chi connectivity index (χ2n) is 6.64. The Balaban J connectivity index is 1.53. The minimum Gasteiger partial charge on any atom is -0.428 e. The van der Waals surface area contributed by atoms with Gasteiger partial charge >= 0.3 is 6.09 Å². The van der Waals surface area contributed by atoms with Gasteiger partial charge in [0.25, 0.3) is 5.91 Å². The van der Waals surface area contributed by atoms with E-state index in [1.54, 1.807) is 73.9 Å². The zero-order valence-corrected chi connectivity index (χ0v) is 18.4. The molecule has 1 atom stereocenters. The first-order chi connectivity index (χ1) is 14.3. The lowest BCUT2D eigenvalue weighted by Crippen LogP contribution is -2.31. The third-order valence-corrected chi connectivity index (χ3v) is 5.17. The number of rotatable bonds is 6. The Morgan fingerprint density at radius 2 is 1.83 bits per heavy atom. The number of carbonyl (C=O) groups is 2. The maximum atomic E-state index is 12.4. The molecule has 1 aromatic heterocycles. The number of halogens is 1. The van der Waals surface area contributed by atoms with Gasteiger partial charge in [0.2, 0.25) is 0 Å². The third-order valence-electron chi connectivity index (χ3n) is 4.32. The Labute approximate surface area is 188 Å². The Kier molecular flexibility index (Phi) is 6.88. The fourth-order valence-electron chi connectivity index (χ4n) is 2.65. The van der Waals surface area contributed by atoms with Crippen LogP contribution in [-0.2, 0) is 14.9 Å². The summed E-state index contributed by atoms with van der Waals surface area (Å²) >= 11 is 2.06. The van der Waals surface area contributed by atoms with Crippen molar-refractivity contribution in [2.75, 3.05) is 11.1 Å². The Hall–Kier alpha value is -3.14. The minimum absolute atomic E-state index is 0.260. The summed E-state index contributed by atoms with van der Waals surface area (Å²) in [6.07, 6.45) is 2.78. The predicted octanol–water partition coefficient (Wildman–Crippen LogP) is 4.45. The molecule has 7 nitrogen and oxygen atoms in total. The molecule has 4 N–H and O–H groups in total. The second kappa shape index (κ2) is 9.57. The number of anilines is 2. The highest BCUT2D eigenvalue weighted by molar-refractivity contribution is 14.1. The molecule has 8 heteroatoms. The van der Waals surface area contributed by atoms with Crippen LogP contribution in [0.4, 0.5) is 16.2 Å². The summed E-state index contributed by atoms with van der Waals surface area (Å²) in [5, 5.41) is 5.50. The van der Waals surface area contributed by atoms with Crippen molar-refractivity contribution in [2.45, 2.75) is 17.1 Å². The van der Waals surface area contributed by atoms with E-state index in [0.29, 0.717) is 16.9 Å². The zero-order chi connectivity index (χ0) is 21.6. The Morgan fingerprint density at radius 1 is 1.10 bits per heavy atom. The Morgan fingerprint density at radius 3 is 2.50 bits per heavy atom. The minimum atomic E-state index is -0.836. The van der Waals surface area contributed by atoms with Crippen LogP contribution in [0.25, 0.3) is 0 Å². The molecule has 3 rings (SSSR count). The lowest BCUT2D eigenvalue weighted by atomic mass is 10.1. The monoisotopic (exact) mass is 516 g/mol. The summed E-state index contributed by atoms with van der Waals surface area (Å²) in [6.45, 7) is 2.06. The molecule has 154 valence electrons. The van der Waals surface area contributed by atoms with E-state index in [4.69, 9.17) is 10.5 Å². The maximum Gasteiger partial charge on any atom is 0.409 e. The SMILES string of the molecule is CC(I)(OC(=O)NCc1ccc(C(=O)Nc2ccccc2N)cc1)c1cccnc1. The number of alkyl halides is 1. The van der Waals surface area contributed by atoms with Crippen LogP contribution in [0.3, 0.4) is 0 Å². The molecule has 0 spiro atoms. The van der Waals surface area contributed by atoms with Crippen LogP contribution >= 0.6 is 22.6 Å². The smallest absolute Gasteiger partial charge is 0.409 e. The number of carbonyl (C=O) groups excluding carboxylic acids is 2. The summed E-state index contributed by atoms with van der Waals surface area (Å²) in [4.78, 5) is 28.6. The highest BCUT2D eigenvalue weighted by Crippen LogP contribution is 2.32. The van der Waals surface area contributed by atoms with Crippen molar-refractivity contribution >= 4 is 46.0 Å². The van der Waals surface area contributed by atoms with E-state index in [0.717, 1.165) is 11.1 Å². The van der Waals surface area contributed by atoms with E-state index < -0.39 is 9.70 Å². The summed E-state index contributed by atoms with van der Waals surface area (Å²) in [5.74, 6) is -0.260. The lowest BCUT2D eigenvalue weighted by molar-refractivity contribution is 0.0958. The average Bonchev–Trinajstić information content (AvgIpc) is 2.74. The molecule has 0 aliphatic carbocycles. The van der Waals surface area contributed by atoms with Gasteiger partial charge in [-0.15, -0.1) is 0 Å². The highest BCUT2D eigenvalue weighted by atomic mass is 127. The standard InChI is InChI=1S/C22H21IN4O3/c1-22(23,17-5-4-12-25-14-17)30-21(29)26-13-15-8-10-16(11-9-15)20(28)27-19-7-3-2-6-18(19)24/h2-12,14H,13,24H2,1H3,(H,26,29)(H,27,28). The largest absolute Gasteiger partial charge is 0.428 e. The van der Waals surface area contributed by atoms with E-state index in [1.807, 2.05) is 6.07 Å². The molecule has 3 aromatic rings. The first kappa shape index (κ1) is 21.6. The molecular formula is C22H21IN4O3. The lowest BCUT2D eigenvalue weighted by Gasteiger charge is -2.23. The van der Waals surface area contributed by atoms with Crippen LogP contribution < -0.4 is 16.4 Å². The number of nitrogens with zero attached hydrogens (tertiary/aromatic N) is 1. The van der Waals surface area contributed by atoms with Gasteiger partial charge in [-0.3, -0.25) is 9.78 Å². The van der Waals surface area contributed by atoms with Crippen molar-refractivity contribution in [3.63, 3.8) is 0 Å². The molecule has 2 aromatic carbocycles. The molecule has 0 fully saturated rings. The number of hydrogen-bond donors (Lipinski definition) is 3. The number of para-hydroxylation sites is 2. The van der Waals surface area contributed by atoms with Crippen LogP contribution in [-0.4, -0.2) is 17.0 Å². The molecule has 0 radical (unpaired) electrons. The van der Waals surface area contributed by atoms with Gasteiger partial charge in [0.15, 0.2) is 3.61 Å². The molecule has 1 unspecified atom stereocenters. The molecule has 0 bridgehead atoms. The van der Waals surface area contributed by atoms with Crippen LogP contribution in [0, 0.1) is 0 Å². The van der Waals surface area contributed by atoms with Gasteiger partial charge < -0.3 is 21.1 Å². The molecule has 1 heterocycles. The van der Waals surface area contributed by atoms with Crippen molar-refractivity contribution in [2.24, 2.45) is 0 Å². The Bertz CT molecular complexity index is 1020. The number of benzene rings is 2. The van der Waals surface area contributed by atoms with Crippen molar-refractivity contribution in [3.8, 4) is 0 Å². The summed E-state index contributed by atoms with van der Waals surface area (Å²) in [7, 11) is 0. The van der Waals surface area contributed by atoms with Gasteiger partial charge in [-0.2, -0.15) is 0 Å². The molecule has 0 aliphatic heterocycles. The molecular weight excluding hydrogens is 495 g/mol. The van der Waals surface area contributed by atoms with E-state index in [2.05, 4.69) is 38.2 Å². The second-order valence-corrected chi connectivity index (χ2v) is 8.70. The normalized spacial score (nSPS) is 12.5. The number of aromatic nitrogens is 1. The molecule has 30 heavy (non-hydrogen) atoms. The van der Waals surface area contributed by atoms with Crippen LogP contribution in [0.1, 0.15) is 28.4 Å². The van der Waals surface area contributed by atoms with Gasteiger partial charge in [-0.05, 0) is 65.4 Å². The van der Waals surface area contributed by atoms with Gasteiger partial charge in [0.05, 0.1) is 11.4 Å². The predicted molar refractivity (Wildman–Crippen MR) is 124 cm³/mol. The molecule has 0 saturated heterocycles. The van der Waals surface area contributed by atoms with E-state index in [-0.39, 0.29) is 12.5 Å². The fraction of sp³-hybridized carbons (Fsp3) is 0.136. The highest BCUT2D eigenvalue weighted by Gasteiger charge is 2.27. The molecule has 0 aliphatic rings. The van der Waals surface area contributed by atoms with Gasteiger partial charge in [-0.1, -0.05) is 30.3 Å². The summed E-state index contributed by atoms with van der Waals surface area (Å²) in [6, 6.07) is 17.6. The maximum absolute atomic E-state index is 12.4. The van der Waals surface area contributed by atoms with E-state index in [1.165, 1.54) is 0 Å². The number of nitrogen functional groups attached to an aromatic ring is 1. The van der Waals surface area contributed by atoms with E-state index >= 15 is 0 Å². The number of alkyl carbamates (subject to hydrolysis) is 1. The van der Waals surface area contributed by atoms with Crippen molar-refractivity contribution in [1.29, 1.82) is 0 Å². The molecule has 0 saturated carbocycles. The number of ether oxygens (including phenoxy) is 1. The summed E-state index contributed by atoms with van der Waals surface area (Å²) in [5.41, 5.74) is 9.02. The van der Waals surface area contributed by atoms with Crippen molar-refractivity contribution in [3.05, 3.63) is 89.7 Å². The summed E-state index contributed by atoms with van der Waals surface area (Å²) < 4.78 is 4.67. The number of nitrogens with two attached hydrogens (primary N) is 1. The van der Waals surface area contributed by atoms with Crippen LogP contribution in [0.2, 0.25) is 0 Å². The van der Waals surface area contributed by atoms with Crippen LogP contribution in [0.15, 0.2) is 73.1 Å². The zero-order valence-electron chi connectivity index (χ0n) is 16.3. The van der Waals surface area contributed by atoms with Gasteiger partial charge in [0.1, 0.15) is 0 Å². The number of pyridine rings is 1. The van der Waals surface area contributed by atoms with Crippen molar-refractivity contribution in [1.82, 2.24) is 10.3 Å². The number of hydrogen-bond acceptors (Lipinski definition) is 5. The average molecular weight is 516 g/mol. The van der Waals surface area contributed by atoms with Crippen molar-refractivity contribution < 1.29 is 14.3 Å².